The number of ether oxygens (including phenoxy) is 1. The van der Waals surface area contributed by atoms with Crippen molar-refractivity contribution in [1.29, 1.82) is 0 Å². The van der Waals surface area contributed by atoms with Crippen LogP contribution in [0.15, 0.2) is 53.1 Å². The standard InChI is InChI=1S/C26H26N2O6S/c29-21(16-34-22(30)13-6-14-27-25(32)19-11-7-15-33-19)28-26-23(18-10-4-5-12-20(18)35-26)24(31)17-8-2-1-3-9-17/h1-3,7-9,11,15H,4-6,10,12-14,16H2,(H,27,32)(H,28,29). The molecule has 0 saturated carbocycles. The minimum atomic E-state index is -0.543. The third-order valence-electron chi connectivity index (χ3n) is 5.64. The smallest absolute Gasteiger partial charge is 0.306 e. The number of carbonyl (C=O) groups is 4. The predicted molar refractivity (Wildman–Crippen MR) is 131 cm³/mol. The summed E-state index contributed by atoms with van der Waals surface area (Å²) in [4.78, 5) is 50.7. The molecule has 2 N–H and O–H groups in total. The summed E-state index contributed by atoms with van der Waals surface area (Å²) in [6.07, 6.45) is 5.57. The molecule has 182 valence electrons. The van der Waals surface area contributed by atoms with Crippen molar-refractivity contribution in [1.82, 2.24) is 5.32 Å². The number of esters is 1. The molecule has 0 radical (unpaired) electrons. The van der Waals surface area contributed by atoms with Crippen LogP contribution in [0.3, 0.4) is 0 Å². The number of thiophene rings is 1. The quantitative estimate of drug-likeness (QED) is 0.249. The monoisotopic (exact) mass is 494 g/mol. The van der Waals surface area contributed by atoms with Gasteiger partial charge in [-0.25, -0.2) is 0 Å². The number of carbonyl (C=O) groups excluding carboxylic acids is 4. The van der Waals surface area contributed by atoms with E-state index in [1.165, 1.54) is 17.6 Å². The second-order valence-electron chi connectivity index (χ2n) is 8.16. The van der Waals surface area contributed by atoms with E-state index in [1.54, 1.807) is 24.3 Å². The maximum absolute atomic E-state index is 13.3. The van der Waals surface area contributed by atoms with Crippen molar-refractivity contribution in [2.24, 2.45) is 0 Å². The zero-order chi connectivity index (χ0) is 24.6. The van der Waals surface area contributed by atoms with E-state index in [9.17, 15) is 19.2 Å². The van der Waals surface area contributed by atoms with Crippen molar-refractivity contribution in [3.8, 4) is 0 Å². The van der Waals surface area contributed by atoms with Crippen LogP contribution in [0.1, 0.15) is 62.6 Å². The summed E-state index contributed by atoms with van der Waals surface area (Å²) in [5.41, 5.74) is 2.13. The van der Waals surface area contributed by atoms with Gasteiger partial charge in [-0.05, 0) is 49.8 Å². The summed E-state index contributed by atoms with van der Waals surface area (Å²) >= 11 is 1.42. The Morgan fingerprint density at radius 3 is 2.57 bits per heavy atom. The van der Waals surface area contributed by atoms with Crippen molar-refractivity contribution in [3.63, 3.8) is 0 Å². The van der Waals surface area contributed by atoms with E-state index >= 15 is 0 Å². The molecule has 0 fully saturated rings. The lowest BCUT2D eigenvalue weighted by Crippen LogP contribution is -2.25. The molecule has 8 nitrogen and oxygen atoms in total. The fraction of sp³-hybridized carbons (Fsp3) is 0.308. The Morgan fingerprint density at radius 1 is 1.00 bits per heavy atom. The maximum atomic E-state index is 13.3. The highest BCUT2D eigenvalue weighted by molar-refractivity contribution is 7.17. The molecule has 0 saturated heterocycles. The molecule has 2 aromatic heterocycles. The Bertz CT molecular complexity index is 1200. The number of rotatable bonds is 10. The van der Waals surface area contributed by atoms with Gasteiger partial charge in [-0.3, -0.25) is 19.2 Å². The van der Waals surface area contributed by atoms with Crippen molar-refractivity contribution >= 4 is 39.9 Å². The minimum absolute atomic E-state index is 0.0523. The molecule has 2 heterocycles. The van der Waals surface area contributed by atoms with Crippen molar-refractivity contribution in [2.75, 3.05) is 18.5 Å². The van der Waals surface area contributed by atoms with Crippen LogP contribution in [0.4, 0.5) is 5.00 Å². The lowest BCUT2D eigenvalue weighted by Gasteiger charge is -2.12. The van der Waals surface area contributed by atoms with E-state index in [1.807, 2.05) is 18.2 Å². The zero-order valence-corrected chi connectivity index (χ0v) is 19.9. The summed E-state index contributed by atoms with van der Waals surface area (Å²) < 4.78 is 10.1. The highest BCUT2D eigenvalue weighted by atomic mass is 32.1. The highest BCUT2D eigenvalue weighted by Gasteiger charge is 2.27. The van der Waals surface area contributed by atoms with Crippen LogP contribution in [-0.4, -0.2) is 36.7 Å². The first kappa shape index (κ1) is 24.4. The number of aryl methyl sites for hydroxylation is 1. The van der Waals surface area contributed by atoms with Gasteiger partial charge in [-0.2, -0.15) is 0 Å². The van der Waals surface area contributed by atoms with Gasteiger partial charge >= 0.3 is 5.97 Å². The molecule has 35 heavy (non-hydrogen) atoms. The first-order chi connectivity index (χ1) is 17.0. The number of nitrogens with one attached hydrogen (secondary N) is 2. The number of ketones is 1. The molecular formula is C26H26N2O6S. The van der Waals surface area contributed by atoms with E-state index in [4.69, 9.17) is 9.15 Å². The Hall–Kier alpha value is -3.72. The molecule has 9 heteroatoms. The molecular weight excluding hydrogens is 468 g/mol. The first-order valence-corrected chi connectivity index (χ1v) is 12.4. The van der Waals surface area contributed by atoms with Crippen LogP contribution < -0.4 is 10.6 Å². The van der Waals surface area contributed by atoms with Crippen molar-refractivity contribution in [3.05, 3.63) is 76.1 Å². The molecule has 0 unspecified atom stereocenters. The summed E-state index contributed by atoms with van der Waals surface area (Å²) in [7, 11) is 0. The van der Waals surface area contributed by atoms with Crippen LogP contribution in [0.25, 0.3) is 0 Å². The van der Waals surface area contributed by atoms with E-state index < -0.39 is 18.5 Å². The number of amides is 2. The van der Waals surface area contributed by atoms with Gasteiger partial charge in [0.2, 0.25) is 0 Å². The zero-order valence-electron chi connectivity index (χ0n) is 19.1. The number of hydrogen-bond acceptors (Lipinski definition) is 7. The number of furan rings is 1. The largest absolute Gasteiger partial charge is 0.459 e. The normalized spacial score (nSPS) is 12.5. The Balaban J connectivity index is 1.29. The Morgan fingerprint density at radius 2 is 1.80 bits per heavy atom. The predicted octanol–water partition coefficient (Wildman–Crippen LogP) is 4.14. The van der Waals surface area contributed by atoms with Gasteiger partial charge in [-0.1, -0.05) is 30.3 Å². The molecule has 0 aliphatic heterocycles. The number of fused-ring (bicyclic) bond motifs is 1. The van der Waals surface area contributed by atoms with Gasteiger partial charge < -0.3 is 19.8 Å². The van der Waals surface area contributed by atoms with E-state index in [2.05, 4.69) is 10.6 Å². The maximum Gasteiger partial charge on any atom is 0.306 e. The summed E-state index contributed by atoms with van der Waals surface area (Å²) in [6.45, 7) is -0.175. The van der Waals surface area contributed by atoms with Crippen molar-refractivity contribution in [2.45, 2.75) is 38.5 Å². The molecule has 1 aliphatic rings. The molecule has 0 spiro atoms. The molecule has 4 rings (SSSR count). The van der Waals surface area contributed by atoms with Gasteiger partial charge in [0, 0.05) is 23.4 Å². The number of benzene rings is 1. The second kappa shape index (κ2) is 11.6. The summed E-state index contributed by atoms with van der Waals surface area (Å²) in [6, 6.07) is 12.2. The van der Waals surface area contributed by atoms with Crippen LogP contribution >= 0.6 is 11.3 Å². The Kier molecular flexibility index (Phi) is 8.10. The lowest BCUT2D eigenvalue weighted by atomic mass is 9.92. The van der Waals surface area contributed by atoms with Gasteiger partial charge in [0.15, 0.2) is 18.2 Å². The fourth-order valence-corrected chi connectivity index (χ4v) is 5.24. The summed E-state index contributed by atoms with van der Waals surface area (Å²) in [5, 5.41) is 5.93. The highest BCUT2D eigenvalue weighted by Crippen LogP contribution is 2.39. The fourth-order valence-electron chi connectivity index (χ4n) is 3.94. The van der Waals surface area contributed by atoms with E-state index in [-0.39, 0.29) is 30.4 Å². The topological polar surface area (TPSA) is 115 Å². The third-order valence-corrected chi connectivity index (χ3v) is 6.85. The van der Waals surface area contributed by atoms with Crippen LogP contribution in [0.2, 0.25) is 0 Å². The van der Waals surface area contributed by atoms with Gasteiger partial charge in [-0.15, -0.1) is 11.3 Å². The molecule has 0 atom stereocenters. The van der Waals surface area contributed by atoms with Crippen LogP contribution in [-0.2, 0) is 27.2 Å². The SMILES string of the molecule is O=C(COC(=O)CCCNC(=O)c1ccco1)Nc1sc2c(c1C(=O)c1ccccc1)CCCC2. The minimum Gasteiger partial charge on any atom is -0.459 e. The van der Waals surface area contributed by atoms with E-state index in [0.717, 1.165) is 36.1 Å². The van der Waals surface area contributed by atoms with Gasteiger partial charge in [0.05, 0.1) is 11.8 Å². The molecule has 1 aromatic carbocycles. The molecule has 0 bridgehead atoms. The average Bonchev–Trinajstić information content (AvgIpc) is 3.53. The second-order valence-corrected chi connectivity index (χ2v) is 9.26. The number of hydrogen-bond donors (Lipinski definition) is 2. The lowest BCUT2D eigenvalue weighted by molar-refractivity contribution is -0.147. The third kappa shape index (κ3) is 6.24. The van der Waals surface area contributed by atoms with Crippen LogP contribution in [0, 0.1) is 0 Å². The molecule has 3 aromatic rings. The van der Waals surface area contributed by atoms with Gasteiger partial charge in [0.25, 0.3) is 11.8 Å². The first-order valence-electron chi connectivity index (χ1n) is 11.5. The average molecular weight is 495 g/mol. The molecule has 1 aliphatic carbocycles. The van der Waals surface area contributed by atoms with Gasteiger partial charge in [0.1, 0.15) is 5.00 Å². The number of anilines is 1. The van der Waals surface area contributed by atoms with Crippen molar-refractivity contribution < 1.29 is 28.3 Å². The van der Waals surface area contributed by atoms with E-state index in [0.29, 0.717) is 22.5 Å². The summed E-state index contributed by atoms with van der Waals surface area (Å²) in [5.74, 6) is -1.32. The van der Waals surface area contributed by atoms with Crippen LogP contribution in [0.5, 0.6) is 0 Å². The Labute approximate surface area is 206 Å². The molecule has 2 amide bonds.